The summed E-state index contributed by atoms with van der Waals surface area (Å²) < 4.78 is 7.32. The summed E-state index contributed by atoms with van der Waals surface area (Å²) in [6.07, 6.45) is 0. The Kier molecular flexibility index (Phi) is 4.31. The van der Waals surface area contributed by atoms with Gasteiger partial charge in [0.05, 0.1) is 17.1 Å². The molecule has 2 rings (SSSR count). The fourth-order valence-corrected chi connectivity index (χ4v) is 2.23. The number of hydrogen-bond donors (Lipinski definition) is 1. The Balaban J connectivity index is 1.99. The van der Waals surface area contributed by atoms with E-state index in [0.29, 0.717) is 0 Å². The van der Waals surface area contributed by atoms with E-state index < -0.39 is 0 Å². The normalized spacial score (nSPS) is 10.5. The van der Waals surface area contributed by atoms with Crippen molar-refractivity contribution in [3.63, 3.8) is 0 Å². The van der Waals surface area contributed by atoms with Crippen LogP contribution in [0.4, 0.5) is 5.69 Å². The number of nitrogens with one attached hydrogen (secondary N) is 1. The van der Waals surface area contributed by atoms with Gasteiger partial charge in [0, 0.05) is 7.05 Å². The maximum absolute atomic E-state index is 12.0. The Labute approximate surface area is 124 Å². The molecule has 1 aromatic heterocycles. The van der Waals surface area contributed by atoms with E-state index in [2.05, 4.69) is 10.4 Å². The van der Waals surface area contributed by atoms with Crippen LogP contribution < -0.4 is 10.1 Å². The monoisotopic (exact) mass is 287 g/mol. The number of aromatic nitrogens is 2. The third-order valence-electron chi connectivity index (χ3n) is 3.46. The number of carbonyl (C=O) groups is 1. The second-order valence-electron chi connectivity index (χ2n) is 5.28. The van der Waals surface area contributed by atoms with E-state index in [-0.39, 0.29) is 12.5 Å². The van der Waals surface area contributed by atoms with Crippen molar-refractivity contribution in [3.05, 3.63) is 40.7 Å². The lowest BCUT2D eigenvalue weighted by atomic mass is 10.1. The van der Waals surface area contributed by atoms with Gasteiger partial charge < -0.3 is 10.1 Å². The van der Waals surface area contributed by atoms with Crippen molar-refractivity contribution < 1.29 is 9.53 Å². The molecule has 0 atom stereocenters. The number of anilines is 1. The smallest absolute Gasteiger partial charge is 0.262 e. The molecule has 0 saturated carbocycles. The first-order valence-corrected chi connectivity index (χ1v) is 6.88. The van der Waals surface area contributed by atoms with Gasteiger partial charge in [-0.2, -0.15) is 5.10 Å². The predicted octanol–water partition coefficient (Wildman–Crippen LogP) is 2.67. The number of hydrogen-bond acceptors (Lipinski definition) is 3. The van der Waals surface area contributed by atoms with Gasteiger partial charge in [0.15, 0.2) is 6.61 Å². The highest BCUT2D eigenvalue weighted by Gasteiger charge is 2.13. The number of ether oxygens (including phenoxy) is 1. The van der Waals surface area contributed by atoms with Gasteiger partial charge in [-0.15, -0.1) is 0 Å². The minimum absolute atomic E-state index is 0.0162. The highest BCUT2D eigenvalue weighted by molar-refractivity contribution is 5.93. The van der Waals surface area contributed by atoms with Gasteiger partial charge in [-0.05, 0) is 39.3 Å². The zero-order valence-electron chi connectivity index (χ0n) is 13.2. The molecular weight excluding hydrogens is 266 g/mol. The fraction of sp³-hybridized carbons (Fsp3) is 0.375. The Morgan fingerprint density at radius 1 is 1.29 bits per heavy atom. The van der Waals surface area contributed by atoms with Crippen molar-refractivity contribution in [3.8, 4) is 5.75 Å². The third-order valence-corrected chi connectivity index (χ3v) is 3.46. The Morgan fingerprint density at radius 2 is 2.00 bits per heavy atom. The molecule has 0 unspecified atom stereocenters. The molecule has 112 valence electrons. The number of benzene rings is 1. The average molecular weight is 287 g/mol. The van der Waals surface area contributed by atoms with Crippen LogP contribution in [-0.4, -0.2) is 22.3 Å². The van der Waals surface area contributed by atoms with Gasteiger partial charge in [0.2, 0.25) is 0 Å². The zero-order chi connectivity index (χ0) is 15.6. The van der Waals surface area contributed by atoms with Gasteiger partial charge in [-0.3, -0.25) is 9.48 Å². The predicted molar refractivity (Wildman–Crippen MR) is 82.7 cm³/mol. The molecule has 0 radical (unpaired) electrons. The largest absolute Gasteiger partial charge is 0.483 e. The van der Waals surface area contributed by atoms with E-state index >= 15 is 0 Å². The molecule has 0 bridgehead atoms. The standard InChI is InChI=1S/C16H21N3O2/c1-10-6-7-14(11(2)8-10)21-9-15(20)17-16-12(3)18-19(5)13(16)4/h6-8H,9H2,1-5H3,(H,17,20). The second kappa shape index (κ2) is 5.99. The van der Waals surface area contributed by atoms with Crippen molar-refractivity contribution in [2.24, 2.45) is 7.05 Å². The molecule has 0 fully saturated rings. The first-order chi connectivity index (χ1) is 9.88. The van der Waals surface area contributed by atoms with Crippen molar-refractivity contribution in [1.29, 1.82) is 0 Å². The Bertz CT molecular complexity index is 674. The summed E-state index contributed by atoms with van der Waals surface area (Å²) in [7, 11) is 1.85. The van der Waals surface area contributed by atoms with Crippen LogP contribution in [0.25, 0.3) is 0 Å². The Morgan fingerprint density at radius 3 is 2.57 bits per heavy atom. The molecule has 1 N–H and O–H groups in total. The lowest BCUT2D eigenvalue weighted by Gasteiger charge is -2.10. The first kappa shape index (κ1) is 15.1. The van der Waals surface area contributed by atoms with Crippen molar-refractivity contribution in [1.82, 2.24) is 9.78 Å². The van der Waals surface area contributed by atoms with Crippen molar-refractivity contribution >= 4 is 11.6 Å². The van der Waals surface area contributed by atoms with Crippen LogP contribution in [0, 0.1) is 27.7 Å². The lowest BCUT2D eigenvalue weighted by molar-refractivity contribution is -0.118. The highest BCUT2D eigenvalue weighted by atomic mass is 16.5. The molecule has 1 aromatic carbocycles. The summed E-state index contributed by atoms with van der Waals surface area (Å²) in [6.45, 7) is 7.76. The molecule has 21 heavy (non-hydrogen) atoms. The molecule has 0 spiro atoms. The molecule has 1 amide bonds. The third kappa shape index (κ3) is 3.42. The van der Waals surface area contributed by atoms with E-state index in [1.807, 2.05) is 52.9 Å². The van der Waals surface area contributed by atoms with Crippen LogP contribution >= 0.6 is 0 Å². The van der Waals surface area contributed by atoms with Gasteiger partial charge >= 0.3 is 0 Å². The van der Waals surface area contributed by atoms with Gasteiger partial charge in [-0.25, -0.2) is 0 Å². The molecule has 0 aliphatic rings. The highest BCUT2D eigenvalue weighted by Crippen LogP contribution is 2.20. The number of nitrogens with zero attached hydrogens (tertiary/aromatic N) is 2. The van der Waals surface area contributed by atoms with E-state index in [1.54, 1.807) is 4.68 Å². The number of rotatable bonds is 4. The number of carbonyl (C=O) groups excluding carboxylic acids is 1. The van der Waals surface area contributed by atoms with Crippen LogP contribution in [0.15, 0.2) is 18.2 Å². The molecule has 5 heteroatoms. The summed E-state index contributed by atoms with van der Waals surface area (Å²) in [5, 5.41) is 7.12. The van der Waals surface area contributed by atoms with Crippen LogP contribution in [0.5, 0.6) is 5.75 Å². The molecule has 0 aliphatic carbocycles. The molecular formula is C16H21N3O2. The molecule has 2 aromatic rings. The second-order valence-corrected chi connectivity index (χ2v) is 5.28. The van der Waals surface area contributed by atoms with Crippen molar-refractivity contribution in [2.45, 2.75) is 27.7 Å². The van der Waals surface area contributed by atoms with Crippen LogP contribution in [0.3, 0.4) is 0 Å². The SMILES string of the molecule is Cc1ccc(OCC(=O)Nc2c(C)nn(C)c2C)c(C)c1. The number of aryl methyl sites for hydroxylation is 4. The van der Waals surface area contributed by atoms with E-state index in [1.165, 1.54) is 5.56 Å². The zero-order valence-corrected chi connectivity index (χ0v) is 13.2. The summed E-state index contributed by atoms with van der Waals surface area (Å²) in [6, 6.07) is 5.89. The van der Waals surface area contributed by atoms with Crippen molar-refractivity contribution in [2.75, 3.05) is 11.9 Å². The molecule has 1 heterocycles. The minimum atomic E-state index is -0.186. The molecule has 0 saturated heterocycles. The summed E-state index contributed by atoms with van der Waals surface area (Å²) in [5.74, 6) is 0.546. The van der Waals surface area contributed by atoms with E-state index in [4.69, 9.17) is 4.74 Å². The quantitative estimate of drug-likeness (QED) is 0.940. The van der Waals surface area contributed by atoms with Gasteiger partial charge in [-0.1, -0.05) is 17.7 Å². The topological polar surface area (TPSA) is 56.1 Å². The minimum Gasteiger partial charge on any atom is -0.483 e. The average Bonchev–Trinajstić information content (AvgIpc) is 2.64. The first-order valence-electron chi connectivity index (χ1n) is 6.88. The van der Waals surface area contributed by atoms with Crippen LogP contribution in [0.1, 0.15) is 22.5 Å². The molecule has 0 aliphatic heterocycles. The fourth-order valence-electron chi connectivity index (χ4n) is 2.23. The number of amides is 1. The van der Waals surface area contributed by atoms with Gasteiger partial charge in [0.25, 0.3) is 5.91 Å². The lowest BCUT2D eigenvalue weighted by Crippen LogP contribution is -2.21. The van der Waals surface area contributed by atoms with Crippen LogP contribution in [-0.2, 0) is 11.8 Å². The maximum atomic E-state index is 12.0. The Hall–Kier alpha value is -2.30. The molecule has 5 nitrogen and oxygen atoms in total. The van der Waals surface area contributed by atoms with Gasteiger partial charge in [0.1, 0.15) is 5.75 Å². The van der Waals surface area contributed by atoms with E-state index in [9.17, 15) is 4.79 Å². The summed E-state index contributed by atoms with van der Waals surface area (Å²) in [4.78, 5) is 12.0. The maximum Gasteiger partial charge on any atom is 0.262 e. The van der Waals surface area contributed by atoms with E-state index in [0.717, 1.165) is 28.4 Å². The van der Waals surface area contributed by atoms with Crippen LogP contribution in [0.2, 0.25) is 0 Å². The summed E-state index contributed by atoms with van der Waals surface area (Å²) in [5.41, 5.74) is 4.68. The summed E-state index contributed by atoms with van der Waals surface area (Å²) >= 11 is 0.